The predicted octanol–water partition coefficient (Wildman–Crippen LogP) is 3.36. The third-order valence-corrected chi connectivity index (χ3v) is 5.91. The zero-order valence-corrected chi connectivity index (χ0v) is 20.4. The van der Waals surface area contributed by atoms with Crippen LogP contribution >= 0.6 is 0 Å². The molecule has 0 aliphatic carbocycles. The van der Waals surface area contributed by atoms with Gasteiger partial charge in [-0.2, -0.15) is 0 Å². The van der Waals surface area contributed by atoms with Crippen LogP contribution < -0.4 is 15.5 Å². The van der Waals surface area contributed by atoms with E-state index in [0.717, 1.165) is 23.3 Å². The number of halogens is 2. The number of carbonyl (C=O) groups is 3. The number of para-hydroxylation sites is 1. The minimum absolute atomic E-state index is 0.134. The number of hydrogen-bond donors (Lipinski definition) is 2. The molecule has 2 unspecified atom stereocenters. The standard InChI is InChI=1S/C28H26F2N4O3/c1-3-34-23-12-8-7-11-22(23)25(19-9-5-4-6-10-19)32-26(28(34)37)33-27(36)17(2)31-24(35)15-18-13-20(29)16-21(30)14-18/h4-14,16-17,26H,3,15H2,1-2H3,(H,31,35)(H,33,36). The van der Waals surface area contributed by atoms with Gasteiger partial charge < -0.3 is 15.5 Å². The van der Waals surface area contributed by atoms with Crippen molar-refractivity contribution in [2.45, 2.75) is 32.5 Å². The lowest BCUT2D eigenvalue weighted by Crippen LogP contribution is -2.53. The molecule has 3 aromatic carbocycles. The van der Waals surface area contributed by atoms with Gasteiger partial charge in [0, 0.05) is 23.7 Å². The highest BCUT2D eigenvalue weighted by Crippen LogP contribution is 2.28. The van der Waals surface area contributed by atoms with Crippen LogP contribution in [0.3, 0.4) is 0 Å². The van der Waals surface area contributed by atoms with Gasteiger partial charge in [-0.15, -0.1) is 0 Å². The second-order valence-corrected chi connectivity index (χ2v) is 8.60. The minimum Gasteiger partial charge on any atom is -0.344 e. The van der Waals surface area contributed by atoms with Crippen molar-refractivity contribution in [1.29, 1.82) is 0 Å². The van der Waals surface area contributed by atoms with Crippen LogP contribution in [0.5, 0.6) is 0 Å². The van der Waals surface area contributed by atoms with Crippen LogP contribution in [0, 0.1) is 11.6 Å². The average molecular weight is 505 g/mol. The summed E-state index contributed by atoms with van der Waals surface area (Å²) in [7, 11) is 0. The summed E-state index contributed by atoms with van der Waals surface area (Å²) >= 11 is 0. The Labute approximate surface area is 213 Å². The normalized spacial score (nSPS) is 15.8. The van der Waals surface area contributed by atoms with Gasteiger partial charge in [0.1, 0.15) is 17.7 Å². The number of rotatable bonds is 7. The van der Waals surface area contributed by atoms with Crippen LogP contribution in [0.2, 0.25) is 0 Å². The number of hydrogen-bond acceptors (Lipinski definition) is 4. The Morgan fingerprint density at radius 2 is 1.65 bits per heavy atom. The number of anilines is 1. The van der Waals surface area contributed by atoms with E-state index in [1.54, 1.807) is 4.90 Å². The van der Waals surface area contributed by atoms with Gasteiger partial charge in [-0.25, -0.2) is 13.8 Å². The molecular formula is C28H26F2N4O3. The van der Waals surface area contributed by atoms with E-state index in [4.69, 9.17) is 0 Å². The van der Waals surface area contributed by atoms with Crippen LogP contribution in [-0.2, 0) is 20.8 Å². The molecule has 1 aliphatic rings. The van der Waals surface area contributed by atoms with Crippen LogP contribution in [0.4, 0.5) is 14.5 Å². The van der Waals surface area contributed by atoms with Crippen molar-refractivity contribution in [3.63, 3.8) is 0 Å². The van der Waals surface area contributed by atoms with E-state index in [1.807, 2.05) is 61.5 Å². The largest absolute Gasteiger partial charge is 0.344 e. The van der Waals surface area contributed by atoms with Gasteiger partial charge in [0.25, 0.3) is 5.91 Å². The lowest BCUT2D eigenvalue weighted by Gasteiger charge is -2.24. The first-order valence-corrected chi connectivity index (χ1v) is 11.9. The van der Waals surface area contributed by atoms with E-state index in [9.17, 15) is 23.2 Å². The van der Waals surface area contributed by atoms with Gasteiger partial charge in [0.15, 0.2) is 0 Å². The van der Waals surface area contributed by atoms with Gasteiger partial charge in [-0.3, -0.25) is 14.4 Å². The SMILES string of the molecule is CCN1C(=O)C(NC(=O)C(C)NC(=O)Cc2cc(F)cc(F)c2)N=C(c2ccccc2)c2ccccc21. The molecule has 0 saturated carbocycles. The molecule has 0 aromatic heterocycles. The molecular weight excluding hydrogens is 478 g/mol. The number of nitrogens with one attached hydrogen (secondary N) is 2. The van der Waals surface area contributed by atoms with Crippen LogP contribution in [0.15, 0.2) is 77.8 Å². The Kier molecular flexibility index (Phi) is 7.71. The highest BCUT2D eigenvalue weighted by Gasteiger charge is 2.33. The predicted molar refractivity (Wildman–Crippen MR) is 136 cm³/mol. The molecule has 2 N–H and O–H groups in total. The molecule has 0 spiro atoms. The summed E-state index contributed by atoms with van der Waals surface area (Å²) in [6, 6.07) is 18.5. The van der Waals surface area contributed by atoms with Gasteiger partial charge in [0.2, 0.25) is 18.0 Å². The quantitative estimate of drug-likeness (QED) is 0.517. The maximum atomic E-state index is 13.4. The van der Waals surface area contributed by atoms with Crippen molar-refractivity contribution in [2.24, 2.45) is 4.99 Å². The molecule has 1 aliphatic heterocycles. The summed E-state index contributed by atoms with van der Waals surface area (Å²) in [5.74, 6) is -3.24. The second kappa shape index (κ2) is 11.1. The van der Waals surface area contributed by atoms with Crippen molar-refractivity contribution < 1.29 is 23.2 Å². The maximum absolute atomic E-state index is 13.4. The van der Waals surface area contributed by atoms with Crippen molar-refractivity contribution >= 4 is 29.1 Å². The highest BCUT2D eigenvalue weighted by molar-refractivity contribution is 6.20. The first-order chi connectivity index (χ1) is 17.8. The lowest BCUT2D eigenvalue weighted by molar-refractivity contribution is -0.130. The Hall–Kier alpha value is -4.40. The van der Waals surface area contributed by atoms with Gasteiger partial charge in [0.05, 0.1) is 17.8 Å². The molecule has 0 radical (unpaired) electrons. The summed E-state index contributed by atoms with van der Waals surface area (Å²) in [4.78, 5) is 45.1. The monoisotopic (exact) mass is 504 g/mol. The first-order valence-electron chi connectivity index (χ1n) is 11.9. The van der Waals surface area contributed by atoms with E-state index in [-0.39, 0.29) is 12.0 Å². The summed E-state index contributed by atoms with van der Waals surface area (Å²) in [6.45, 7) is 3.64. The number of aliphatic imine (C=N–C) groups is 1. The minimum atomic E-state index is -1.23. The number of amides is 3. The zero-order valence-electron chi connectivity index (χ0n) is 20.4. The zero-order chi connectivity index (χ0) is 26.5. The number of benzodiazepines with no additional fused rings is 1. The fourth-order valence-corrected chi connectivity index (χ4v) is 4.19. The molecule has 2 atom stereocenters. The smallest absolute Gasteiger partial charge is 0.272 e. The van der Waals surface area contributed by atoms with E-state index >= 15 is 0 Å². The van der Waals surface area contributed by atoms with Gasteiger partial charge >= 0.3 is 0 Å². The fourth-order valence-electron chi connectivity index (χ4n) is 4.19. The Balaban J connectivity index is 1.55. The molecule has 3 aromatic rings. The third kappa shape index (κ3) is 5.88. The third-order valence-electron chi connectivity index (χ3n) is 5.91. The molecule has 0 bridgehead atoms. The van der Waals surface area contributed by atoms with Gasteiger partial charge in [-0.05, 0) is 37.6 Å². The van der Waals surface area contributed by atoms with Crippen LogP contribution in [-0.4, -0.2) is 42.2 Å². The number of likely N-dealkylation sites (N-methyl/N-ethyl adjacent to an activating group) is 1. The van der Waals surface area contributed by atoms with Crippen molar-refractivity contribution in [2.75, 3.05) is 11.4 Å². The van der Waals surface area contributed by atoms with Crippen molar-refractivity contribution in [3.8, 4) is 0 Å². The Morgan fingerprint density at radius 1 is 1.00 bits per heavy atom. The highest BCUT2D eigenvalue weighted by atomic mass is 19.1. The summed E-state index contributed by atoms with van der Waals surface area (Å²) in [6.07, 6.45) is -1.55. The molecule has 7 nitrogen and oxygen atoms in total. The van der Waals surface area contributed by atoms with Crippen LogP contribution in [0.25, 0.3) is 0 Å². The summed E-state index contributed by atoms with van der Waals surface area (Å²) in [5, 5.41) is 5.15. The molecule has 1 heterocycles. The fraction of sp³-hybridized carbons (Fsp3) is 0.214. The maximum Gasteiger partial charge on any atom is 0.272 e. The van der Waals surface area contributed by atoms with Crippen molar-refractivity contribution in [1.82, 2.24) is 10.6 Å². The molecule has 3 amide bonds. The average Bonchev–Trinajstić information content (AvgIpc) is 2.98. The first kappa shape index (κ1) is 25.7. The van der Waals surface area contributed by atoms with E-state index in [0.29, 0.717) is 24.0 Å². The Morgan fingerprint density at radius 3 is 2.32 bits per heavy atom. The molecule has 190 valence electrons. The lowest BCUT2D eigenvalue weighted by atomic mass is 10.0. The van der Waals surface area contributed by atoms with Crippen molar-refractivity contribution in [3.05, 3.63) is 101 Å². The van der Waals surface area contributed by atoms with Crippen LogP contribution in [0.1, 0.15) is 30.5 Å². The number of benzene rings is 3. The number of carbonyl (C=O) groups excluding carboxylic acids is 3. The van der Waals surface area contributed by atoms with E-state index < -0.39 is 41.6 Å². The molecule has 0 fully saturated rings. The molecule has 9 heteroatoms. The second-order valence-electron chi connectivity index (χ2n) is 8.60. The topological polar surface area (TPSA) is 90.9 Å². The summed E-state index contributed by atoms with van der Waals surface area (Å²) in [5.41, 5.74) is 2.90. The Bertz CT molecular complexity index is 1340. The molecule has 4 rings (SSSR count). The molecule has 0 saturated heterocycles. The van der Waals surface area contributed by atoms with E-state index in [2.05, 4.69) is 15.6 Å². The summed E-state index contributed by atoms with van der Waals surface area (Å²) < 4.78 is 26.9. The number of nitrogens with zero attached hydrogens (tertiary/aromatic N) is 2. The number of fused-ring (bicyclic) bond motifs is 1. The van der Waals surface area contributed by atoms with E-state index in [1.165, 1.54) is 6.92 Å². The van der Waals surface area contributed by atoms with Gasteiger partial charge in [-0.1, -0.05) is 48.5 Å². The molecule has 37 heavy (non-hydrogen) atoms.